The van der Waals surface area contributed by atoms with Gasteiger partial charge in [0.05, 0.1) is 23.3 Å². The molecule has 8 nitrogen and oxygen atoms in total. The van der Waals surface area contributed by atoms with Crippen molar-refractivity contribution >= 4 is 33.3 Å². The number of hydrogen-bond donors (Lipinski definition) is 0. The number of amides is 1. The molecule has 1 amide bonds. The predicted octanol–water partition coefficient (Wildman–Crippen LogP) is 1.63. The summed E-state index contributed by atoms with van der Waals surface area (Å²) >= 11 is 5.92. The highest BCUT2D eigenvalue weighted by Crippen LogP contribution is 2.28. The van der Waals surface area contributed by atoms with Gasteiger partial charge in [0.25, 0.3) is 10.0 Å². The molecule has 0 saturated carbocycles. The largest absolute Gasteiger partial charge is 0.353 e. The van der Waals surface area contributed by atoms with Gasteiger partial charge in [-0.25, -0.2) is 17.7 Å². The molecule has 0 radical (unpaired) electrons. The molecule has 4 rings (SSSR count). The van der Waals surface area contributed by atoms with Gasteiger partial charge in [0.2, 0.25) is 5.91 Å². The van der Waals surface area contributed by atoms with E-state index in [2.05, 4.69) is 19.8 Å². The Bertz CT molecular complexity index is 980. The first-order chi connectivity index (χ1) is 13.9. The van der Waals surface area contributed by atoms with E-state index >= 15 is 0 Å². The van der Waals surface area contributed by atoms with Crippen LogP contribution in [0.15, 0.2) is 47.6 Å². The van der Waals surface area contributed by atoms with Crippen LogP contribution in [0.1, 0.15) is 12.8 Å². The molecule has 1 aromatic heterocycles. The Kier molecular flexibility index (Phi) is 5.71. The molecule has 154 valence electrons. The zero-order valence-corrected chi connectivity index (χ0v) is 17.4. The lowest BCUT2D eigenvalue weighted by Gasteiger charge is -2.37. The molecule has 1 unspecified atom stereocenters. The number of benzene rings is 1. The topological polar surface area (TPSA) is 86.7 Å². The molecule has 0 N–H and O–H groups in total. The summed E-state index contributed by atoms with van der Waals surface area (Å²) in [6, 6.07) is 7.81. The van der Waals surface area contributed by atoms with Crippen molar-refractivity contribution < 1.29 is 13.2 Å². The van der Waals surface area contributed by atoms with Gasteiger partial charge >= 0.3 is 0 Å². The lowest BCUT2D eigenvalue weighted by molar-refractivity contribution is -0.124. The quantitative estimate of drug-likeness (QED) is 0.705. The first-order valence-corrected chi connectivity index (χ1v) is 11.3. The van der Waals surface area contributed by atoms with Crippen molar-refractivity contribution in [2.24, 2.45) is 0 Å². The van der Waals surface area contributed by atoms with Crippen LogP contribution in [0, 0.1) is 0 Å². The summed E-state index contributed by atoms with van der Waals surface area (Å²) in [6.07, 6.45) is 3.99. The fraction of sp³-hybridized carbons (Fsp3) is 0.421. The second kappa shape index (κ2) is 8.25. The molecule has 2 aromatic rings. The van der Waals surface area contributed by atoms with Gasteiger partial charge in [0.15, 0.2) is 0 Å². The zero-order chi connectivity index (χ0) is 20.4. The Hall–Kier alpha value is -2.23. The smallest absolute Gasteiger partial charge is 0.266 e. The molecule has 10 heteroatoms. The van der Waals surface area contributed by atoms with Crippen molar-refractivity contribution in [1.82, 2.24) is 19.2 Å². The average Bonchev–Trinajstić information content (AvgIpc) is 3.10. The number of anilines is 1. The van der Waals surface area contributed by atoms with Gasteiger partial charge in [-0.3, -0.25) is 14.7 Å². The van der Waals surface area contributed by atoms with Crippen LogP contribution in [0.2, 0.25) is 5.15 Å². The molecule has 0 spiro atoms. The third kappa shape index (κ3) is 4.22. The predicted molar refractivity (Wildman–Crippen MR) is 109 cm³/mol. The average molecular weight is 436 g/mol. The lowest BCUT2D eigenvalue weighted by atomic mass is 10.2. The van der Waals surface area contributed by atoms with Crippen LogP contribution >= 0.6 is 11.6 Å². The molecule has 1 aromatic carbocycles. The van der Waals surface area contributed by atoms with Gasteiger partial charge in [-0.2, -0.15) is 0 Å². The van der Waals surface area contributed by atoms with Crippen LogP contribution in [0.3, 0.4) is 0 Å². The van der Waals surface area contributed by atoms with Gasteiger partial charge < -0.3 is 4.90 Å². The number of carbonyl (C=O) groups excluding carboxylic acids is 1. The van der Waals surface area contributed by atoms with Gasteiger partial charge in [0.1, 0.15) is 11.0 Å². The van der Waals surface area contributed by atoms with E-state index < -0.39 is 10.0 Å². The maximum Gasteiger partial charge on any atom is 0.266 e. The van der Waals surface area contributed by atoms with E-state index in [9.17, 15) is 13.2 Å². The fourth-order valence-corrected chi connectivity index (χ4v) is 5.66. The Morgan fingerprint density at radius 3 is 2.48 bits per heavy atom. The second-order valence-electron chi connectivity index (χ2n) is 7.19. The van der Waals surface area contributed by atoms with Gasteiger partial charge in [-0.1, -0.05) is 29.8 Å². The highest BCUT2D eigenvalue weighted by atomic mass is 35.5. The van der Waals surface area contributed by atoms with E-state index in [1.54, 1.807) is 24.4 Å². The highest BCUT2D eigenvalue weighted by molar-refractivity contribution is 7.89. The van der Waals surface area contributed by atoms with E-state index in [0.29, 0.717) is 18.1 Å². The molecule has 0 aliphatic carbocycles. The molecular weight excluding hydrogens is 414 g/mol. The van der Waals surface area contributed by atoms with Crippen LogP contribution < -0.4 is 4.90 Å². The van der Waals surface area contributed by atoms with E-state index in [1.807, 2.05) is 0 Å². The van der Waals surface area contributed by atoms with Crippen LogP contribution in [-0.4, -0.2) is 72.3 Å². The van der Waals surface area contributed by atoms with E-state index in [4.69, 9.17) is 11.6 Å². The second-order valence-corrected chi connectivity index (χ2v) is 9.39. The summed E-state index contributed by atoms with van der Waals surface area (Å²) in [5.74, 6) is 0.410. The SMILES string of the molecule is O=C1CCC(CN2CCN(c3cncc(Cl)n3)CC2)N1S(=O)(=O)c1ccccc1. The van der Waals surface area contributed by atoms with Crippen molar-refractivity contribution in [3.8, 4) is 0 Å². The summed E-state index contributed by atoms with van der Waals surface area (Å²) in [4.78, 5) is 25.2. The van der Waals surface area contributed by atoms with Crippen LogP contribution in [0.25, 0.3) is 0 Å². The number of nitrogens with zero attached hydrogens (tertiary/aromatic N) is 5. The van der Waals surface area contributed by atoms with Gasteiger partial charge in [-0.05, 0) is 18.6 Å². The van der Waals surface area contributed by atoms with E-state index in [1.165, 1.54) is 18.3 Å². The molecule has 29 heavy (non-hydrogen) atoms. The van der Waals surface area contributed by atoms with E-state index in [-0.39, 0.29) is 23.3 Å². The molecular formula is C19H22ClN5O3S. The van der Waals surface area contributed by atoms with Crippen molar-refractivity contribution in [1.29, 1.82) is 0 Å². The minimum absolute atomic E-state index is 0.157. The molecule has 0 bridgehead atoms. The molecule has 2 fully saturated rings. The summed E-state index contributed by atoms with van der Waals surface area (Å²) in [7, 11) is -3.83. The number of hydrogen-bond acceptors (Lipinski definition) is 7. The molecule has 2 aliphatic rings. The monoisotopic (exact) mass is 435 g/mol. The van der Waals surface area contributed by atoms with Crippen LogP contribution in [-0.2, 0) is 14.8 Å². The third-order valence-corrected chi connectivity index (χ3v) is 7.40. The number of sulfonamides is 1. The number of aromatic nitrogens is 2. The van der Waals surface area contributed by atoms with Crippen molar-refractivity contribution in [3.05, 3.63) is 47.9 Å². The number of rotatable bonds is 5. The van der Waals surface area contributed by atoms with Crippen molar-refractivity contribution in [3.63, 3.8) is 0 Å². The Labute approximate surface area is 175 Å². The fourth-order valence-electron chi connectivity index (χ4n) is 3.87. The number of carbonyl (C=O) groups is 1. The maximum absolute atomic E-state index is 13.0. The van der Waals surface area contributed by atoms with Crippen molar-refractivity contribution in [2.45, 2.75) is 23.8 Å². The van der Waals surface area contributed by atoms with Crippen LogP contribution in [0.4, 0.5) is 5.82 Å². The minimum Gasteiger partial charge on any atom is -0.353 e. The zero-order valence-electron chi connectivity index (χ0n) is 15.8. The normalized spacial score (nSPS) is 21.0. The number of halogens is 1. The maximum atomic E-state index is 13.0. The Morgan fingerprint density at radius 2 is 1.79 bits per heavy atom. The summed E-state index contributed by atoms with van der Waals surface area (Å²) in [5, 5.41) is 0.358. The van der Waals surface area contributed by atoms with Gasteiger partial charge in [0, 0.05) is 39.1 Å². The highest BCUT2D eigenvalue weighted by Gasteiger charge is 2.41. The molecule has 1 atom stereocenters. The lowest BCUT2D eigenvalue weighted by Crippen LogP contribution is -2.51. The van der Waals surface area contributed by atoms with Crippen LogP contribution in [0.5, 0.6) is 0 Å². The Morgan fingerprint density at radius 1 is 1.07 bits per heavy atom. The molecule has 2 aliphatic heterocycles. The number of piperazine rings is 1. The molecule has 2 saturated heterocycles. The molecule has 3 heterocycles. The standard InChI is InChI=1S/C19H22ClN5O3S/c20-17-12-21-13-18(22-17)24-10-8-23(9-11-24)14-15-6-7-19(26)25(15)29(27,28)16-4-2-1-3-5-16/h1-5,12-13,15H,6-11,14H2. The minimum atomic E-state index is -3.83. The van der Waals surface area contributed by atoms with Gasteiger partial charge in [-0.15, -0.1) is 0 Å². The first kappa shape index (κ1) is 20.1. The third-order valence-electron chi connectivity index (χ3n) is 5.33. The summed E-state index contributed by atoms with van der Waals surface area (Å²) < 4.78 is 27.1. The summed E-state index contributed by atoms with van der Waals surface area (Å²) in [6.45, 7) is 3.51. The van der Waals surface area contributed by atoms with E-state index in [0.717, 1.165) is 36.3 Å². The Balaban J connectivity index is 1.42. The van der Waals surface area contributed by atoms with Crippen molar-refractivity contribution in [2.75, 3.05) is 37.6 Å². The summed E-state index contributed by atoms with van der Waals surface area (Å²) in [5.41, 5.74) is 0. The first-order valence-electron chi connectivity index (χ1n) is 9.52.